The smallest absolute Gasteiger partial charge is 0.337 e. The van der Waals surface area contributed by atoms with Crippen molar-refractivity contribution >= 4 is 27.8 Å². The molecule has 1 saturated heterocycles. The predicted molar refractivity (Wildman–Crippen MR) is 62.2 cm³/mol. The molecule has 1 heterocycles. The molecule has 0 radical (unpaired) electrons. The van der Waals surface area contributed by atoms with Gasteiger partial charge in [0.1, 0.15) is 6.54 Å². The average Bonchev–Trinajstić information content (AvgIpc) is 2.61. The highest BCUT2D eigenvalue weighted by Crippen LogP contribution is 2.20. The summed E-state index contributed by atoms with van der Waals surface area (Å²) in [5.41, 5.74) is 0.609. The second-order valence-corrected chi connectivity index (χ2v) is 5.17. The summed E-state index contributed by atoms with van der Waals surface area (Å²) in [6, 6.07) is 5.73. The van der Waals surface area contributed by atoms with Gasteiger partial charge in [-0.2, -0.15) is 8.42 Å². The fourth-order valence-electron chi connectivity index (χ4n) is 1.56. The van der Waals surface area contributed by atoms with Crippen LogP contribution in [0.15, 0.2) is 24.3 Å². The van der Waals surface area contributed by atoms with Gasteiger partial charge in [0.25, 0.3) is 5.91 Å². The van der Waals surface area contributed by atoms with Crippen LogP contribution in [0.1, 0.15) is 10.4 Å². The Kier molecular flexibility index (Phi) is 2.95. The molecule has 0 spiro atoms. The zero-order valence-electron chi connectivity index (χ0n) is 9.41. The van der Waals surface area contributed by atoms with Crippen LogP contribution in [0, 0.1) is 0 Å². The van der Waals surface area contributed by atoms with E-state index in [-0.39, 0.29) is 6.54 Å². The van der Waals surface area contributed by atoms with Crippen molar-refractivity contribution in [3.05, 3.63) is 29.8 Å². The molecule has 18 heavy (non-hydrogen) atoms. The number of methoxy groups -OCH3 is 1. The van der Waals surface area contributed by atoms with E-state index >= 15 is 0 Å². The van der Waals surface area contributed by atoms with E-state index in [2.05, 4.69) is 4.74 Å². The molecule has 1 N–H and O–H groups in total. The lowest BCUT2D eigenvalue weighted by Gasteiger charge is -2.14. The molecule has 2 rings (SSSR count). The number of carbonyl (C=O) groups is 2. The number of hydrogen-bond acceptors (Lipinski definition) is 5. The van der Waals surface area contributed by atoms with Gasteiger partial charge in [-0.1, -0.05) is 0 Å². The van der Waals surface area contributed by atoms with E-state index in [9.17, 15) is 18.0 Å². The molecule has 1 aromatic carbocycles. The number of benzene rings is 1. The van der Waals surface area contributed by atoms with E-state index in [4.69, 9.17) is 0 Å². The molecule has 7 nitrogen and oxygen atoms in total. The molecule has 0 aliphatic carbocycles. The van der Waals surface area contributed by atoms with E-state index < -0.39 is 22.1 Å². The number of nitrogens with one attached hydrogen (secondary N) is 1. The normalized spacial score (nSPS) is 17.4. The first-order valence-electron chi connectivity index (χ1n) is 4.96. The summed E-state index contributed by atoms with van der Waals surface area (Å²) in [6.45, 7) is -0.264. The highest BCUT2D eigenvalue weighted by molar-refractivity contribution is 7.92. The number of carbonyl (C=O) groups excluding carboxylic acids is 2. The third kappa shape index (κ3) is 2.14. The molecule has 1 aliphatic heterocycles. The maximum atomic E-state index is 11.5. The van der Waals surface area contributed by atoms with Gasteiger partial charge in [-0.15, -0.1) is 0 Å². The Morgan fingerprint density at radius 3 is 2.39 bits per heavy atom. The average molecular weight is 270 g/mol. The quantitative estimate of drug-likeness (QED) is 0.742. The molecular formula is C10H10N2O5S. The van der Waals surface area contributed by atoms with Crippen LogP contribution in [0.5, 0.6) is 0 Å². The van der Waals surface area contributed by atoms with Crippen molar-refractivity contribution in [3.8, 4) is 0 Å². The lowest BCUT2D eigenvalue weighted by Crippen LogP contribution is -2.29. The number of nitrogens with zero attached hydrogens (tertiary/aromatic N) is 1. The molecule has 1 aromatic rings. The third-order valence-electron chi connectivity index (χ3n) is 2.40. The Balaban J connectivity index is 2.31. The SMILES string of the molecule is COC(=O)c1ccc(N2CC(=O)NS2(=O)=O)cc1. The predicted octanol–water partition coefficient (Wildman–Crippen LogP) is -0.346. The summed E-state index contributed by atoms with van der Waals surface area (Å²) in [5.74, 6) is -1.10. The molecule has 8 heteroatoms. The van der Waals surface area contributed by atoms with Gasteiger partial charge in [-0.3, -0.25) is 4.79 Å². The Hall–Kier alpha value is -2.09. The summed E-state index contributed by atoms with van der Waals surface area (Å²) < 4.78 is 30.4. The van der Waals surface area contributed by atoms with Crippen molar-refractivity contribution in [3.63, 3.8) is 0 Å². The van der Waals surface area contributed by atoms with Crippen LogP contribution in [0.25, 0.3) is 0 Å². The van der Waals surface area contributed by atoms with Crippen molar-refractivity contribution in [1.82, 2.24) is 4.72 Å². The zero-order chi connectivity index (χ0) is 13.3. The maximum Gasteiger partial charge on any atom is 0.337 e. The van der Waals surface area contributed by atoms with Gasteiger partial charge in [0.05, 0.1) is 18.4 Å². The lowest BCUT2D eigenvalue weighted by molar-refractivity contribution is -0.117. The van der Waals surface area contributed by atoms with Crippen LogP contribution in [0.2, 0.25) is 0 Å². The molecule has 96 valence electrons. The van der Waals surface area contributed by atoms with Crippen molar-refractivity contribution in [2.75, 3.05) is 18.0 Å². The molecule has 0 saturated carbocycles. The van der Waals surface area contributed by atoms with Crippen LogP contribution in [0.4, 0.5) is 5.69 Å². The van der Waals surface area contributed by atoms with Crippen molar-refractivity contribution in [2.45, 2.75) is 0 Å². The van der Waals surface area contributed by atoms with Gasteiger partial charge in [-0.25, -0.2) is 13.8 Å². The van der Waals surface area contributed by atoms with E-state index in [1.54, 1.807) is 0 Å². The highest BCUT2D eigenvalue weighted by Gasteiger charge is 2.33. The van der Waals surface area contributed by atoms with Crippen LogP contribution in [-0.4, -0.2) is 33.9 Å². The summed E-state index contributed by atoms with van der Waals surface area (Å²) >= 11 is 0. The molecule has 1 amide bonds. The molecular weight excluding hydrogens is 260 g/mol. The topological polar surface area (TPSA) is 92.8 Å². The number of ether oxygens (including phenoxy) is 1. The number of rotatable bonds is 2. The summed E-state index contributed by atoms with van der Waals surface area (Å²) in [6.07, 6.45) is 0. The second-order valence-electron chi connectivity index (χ2n) is 3.58. The first kappa shape index (κ1) is 12.4. The van der Waals surface area contributed by atoms with Gasteiger partial charge in [0, 0.05) is 0 Å². The Morgan fingerprint density at radius 1 is 1.33 bits per heavy atom. The molecule has 0 unspecified atom stereocenters. The van der Waals surface area contributed by atoms with Crippen molar-refractivity contribution in [2.24, 2.45) is 0 Å². The maximum absolute atomic E-state index is 11.5. The molecule has 1 aliphatic rings. The van der Waals surface area contributed by atoms with Crippen LogP contribution < -0.4 is 9.03 Å². The minimum absolute atomic E-state index is 0.264. The number of anilines is 1. The Morgan fingerprint density at radius 2 is 1.94 bits per heavy atom. The van der Waals surface area contributed by atoms with Gasteiger partial charge >= 0.3 is 16.2 Å². The minimum atomic E-state index is -3.81. The van der Waals surface area contributed by atoms with Crippen LogP contribution in [-0.2, 0) is 19.7 Å². The zero-order valence-corrected chi connectivity index (χ0v) is 10.2. The van der Waals surface area contributed by atoms with Gasteiger partial charge in [-0.05, 0) is 24.3 Å². The van der Waals surface area contributed by atoms with E-state index in [0.29, 0.717) is 11.3 Å². The highest BCUT2D eigenvalue weighted by atomic mass is 32.2. The van der Waals surface area contributed by atoms with Crippen molar-refractivity contribution in [1.29, 1.82) is 0 Å². The van der Waals surface area contributed by atoms with Crippen LogP contribution >= 0.6 is 0 Å². The standard InChI is InChI=1S/C10H10N2O5S/c1-17-10(14)7-2-4-8(5-3-7)12-6-9(13)11-18(12,15)16/h2-5H,6H2,1H3,(H,11,13). The molecule has 1 fully saturated rings. The molecule has 0 bridgehead atoms. The third-order valence-corrected chi connectivity index (χ3v) is 3.80. The van der Waals surface area contributed by atoms with E-state index in [0.717, 1.165) is 4.31 Å². The lowest BCUT2D eigenvalue weighted by atomic mass is 10.2. The summed E-state index contributed by atoms with van der Waals surface area (Å²) in [5, 5.41) is 0. The monoisotopic (exact) mass is 270 g/mol. The van der Waals surface area contributed by atoms with Crippen molar-refractivity contribution < 1.29 is 22.7 Å². The molecule has 0 aromatic heterocycles. The first-order chi connectivity index (χ1) is 8.44. The summed E-state index contributed by atoms with van der Waals surface area (Å²) in [4.78, 5) is 22.3. The number of amides is 1. The fourth-order valence-corrected chi connectivity index (χ4v) is 2.71. The first-order valence-corrected chi connectivity index (χ1v) is 6.40. The van der Waals surface area contributed by atoms with Crippen LogP contribution in [0.3, 0.4) is 0 Å². The largest absolute Gasteiger partial charge is 0.465 e. The number of esters is 1. The molecule has 0 atom stereocenters. The van der Waals surface area contributed by atoms with Gasteiger partial charge in [0.15, 0.2) is 0 Å². The Labute approximate surface area is 104 Å². The fraction of sp³-hybridized carbons (Fsp3) is 0.200. The second kappa shape index (κ2) is 4.30. The van der Waals surface area contributed by atoms with E-state index in [1.807, 2.05) is 4.72 Å². The van der Waals surface area contributed by atoms with Gasteiger partial charge < -0.3 is 4.74 Å². The van der Waals surface area contributed by atoms with Gasteiger partial charge in [0.2, 0.25) is 0 Å². The van der Waals surface area contributed by atoms with E-state index in [1.165, 1.54) is 31.4 Å². The minimum Gasteiger partial charge on any atom is -0.465 e. The number of hydrogen-bond donors (Lipinski definition) is 1. The summed E-state index contributed by atoms with van der Waals surface area (Å²) in [7, 11) is -2.56. The Bertz CT molecular complexity index is 593.